The predicted octanol–water partition coefficient (Wildman–Crippen LogP) is 7.37. The molecule has 0 aromatic heterocycles. The SMILES string of the molecule is CCOC(=O)c1ccc(C#Cc2ccc(Oc3ccc(C(F)(F)F)cc3)c(C(C)(C)C)c2)cc1. The van der Waals surface area contributed by atoms with Crippen molar-refractivity contribution in [2.45, 2.75) is 39.3 Å². The van der Waals surface area contributed by atoms with Crippen LogP contribution < -0.4 is 4.74 Å². The van der Waals surface area contributed by atoms with Crippen LogP contribution in [0, 0.1) is 11.8 Å². The lowest BCUT2D eigenvalue weighted by Crippen LogP contribution is -2.13. The van der Waals surface area contributed by atoms with E-state index in [0.29, 0.717) is 23.7 Å². The number of esters is 1. The van der Waals surface area contributed by atoms with Gasteiger partial charge >= 0.3 is 12.1 Å². The standard InChI is InChI=1S/C28H25F3O3/c1-5-33-26(32)21-11-8-19(9-12-21)6-7-20-10-17-25(24(18-20)27(2,3)4)34-23-15-13-22(14-16-23)28(29,30)31/h8-18H,5H2,1-4H3. The smallest absolute Gasteiger partial charge is 0.416 e. The van der Waals surface area contributed by atoms with Gasteiger partial charge in [-0.2, -0.15) is 13.2 Å². The van der Waals surface area contributed by atoms with Crippen LogP contribution in [0.5, 0.6) is 11.5 Å². The first-order valence-electron chi connectivity index (χ1n) is 10.8. The van der Waals surface area contributed by atoms with Gasteiger partial charge in [-0.1, -0.05) is 32.6 Å². The van der Waals surface area contributed by atoms with Gasteiger partial charge in [-0.15, -0.1) is 0 Å². The average molecular weight is 466 g/mol. The summed E-state index contributed by atoms with van der Waals surface area (Å²) in [7, 11) is 0. The number of halogens is 3. The molecular formula is C28H25F3O3. The Morgan fingerprint density at radius 3 is 2.00 bits per heavy atom. The quantitative estimate of drug-likeness (QED) is 0.297. The summed E-state index contributed by atoms with van der Waals surface area (Å²) in [6.45, 7) is 8.13. The van der Waals surface area contributed by atoms with Gasteiger partial charge in [0.05, 0.1) is 17.7 Å². The zero-order valence-electron chi connectivity index (χ0n) is 19.4. The molecular weight excluding hydrogens is 441 g/mol. The molecule has 0 saturated carbocycles. The maximum atomic E-state index is 12.8. The minimum Gasteiger partial charge on any atom is -0.462 e. The molecule has 3 rings (SSSR count). The lowest BCUT2D eigenvalue weighted by molar-refractivity contribution is -0.137. The fourth-order valence-electron chi connectivity index (χ4n) is 3.17. The molecule has 0 saturated heterocycles. The van der Waals surface area contributed by atoms with E-state index in [2.05, 4.69) is 11.8 Å². The van der Waals surface area contributed by atoms with Gasteiger partial charge in [-0.25, -0.2) is 4.79 Å². The van der Waals surface area contributed by atoms with Crippen LogP contribution in [0.3, 0.4) is 0 Å². The summed E-state index contributed by atoms with van der Waals surface area (Å²) in [5, 5.41) is 0. The lowest BCUT2D eigenvalue weighted by atomic mass is 9.85. The minimum atomic E-state index is -4.39. The third-order valence-corrected chi connectivity index (χ3v) is 4.94. The number of benzene rings is 3. The fraction of sp³-hybridized carbons (Fsp3) is 0.250. The van der Waals surface area contributed by atoms with Crippen LogP contribution in [0.25, 0.3) is 0 Å². The Kier molecular flexibility index (Phi) is 7.36. The van der Waals surface area contributed by atoms with Crippen LogP contribution in [0.4, 0.5) is 13.2 Å². The number of rotatable bonds is 4. The molecule has 0 aliphatic rings. The summed E-state index contributed by atoms with van der Waals surface area (Å²) in [5.74, 6) is 6.69. The van der Waals surface area contributed by atoms with E-state index in [4.69, 9.17) is 9.47 Å². The summed E-state index contributed by atoms with van der Waals surface area (Å²) in [4.78, 5) is 11.8. The van der Waals surface area contributed by atoms with Crippen molar-refractivity contribution in [1.29, 1.82) is 0 Å². The maximum absolute atomic E-state index is 12.8. The molecule has 0 atom stereocenters. The largest absolute Gasteiger partial charge is 0.462 e. The highest BCUT2D eigenvalue weighted by Crippen LogP contribution is 2.36. The first-order valence-corrected chi connectivity index (χ1v) is 10.8. The third-order valence-electron chi connectivity index (χ3n) is 4.94. The summed E-state index contributed by atoms with van der Waals surface area (Å²) in [6, 6.07) is 17.0. The maximum Gasteiger partial charge on any atom is 0.416 e. The molecule has 3 aromatic carbocycles. The van der Waals surface area contributed by atoms with Crippen LogP contribution in [0.2, 0.25) is 0 Å². The molecule has 0 aliphatic carbocycles. The molecule has 0 heterocycles. The Hall–Kier alpha value is -3.72. The van der Waals surface area contributed by atoms with Crippen LogP contribution in [0.15, 0.2) is 66.7 Å². The van der Waals surface area contributed by atoms with E-state index < -0.39 is 11.7 Å². The van der Waals surface area contributed by atoms with Crippen LogP contribution in [0.1, 0.15) is 60.3 Å². The third kappa shape index (κ3) is 6.41. The zero-order chi connectivity index (χ0) is 24.9. The monoisotopic (exact) mass is 466 g/mol. The van der Waals surface area contributed by atoms with Gasteiger partial charge in [0.1, 0.15) is 11.5 Å². The molecule has 0 aliphatic heterocycles. The summed E-state index contributed by atoms with van der Waals surface area (Å²) in [5.41, 5.74) is 1.83. The van der Waals surface area contributed by atoms with E-state index in [9.17, 15) is 18.0 Å². The van der Waals surface area contributed by atoms with E-state index in [1.807, 2.05) is 26.8 Å². The summed E-state index contributed by atoms with van der Waals surface area (Å²) in [6.07, 6.45) is -4.39. The van der Waals surface area contributed by atoms with Crippen molar-refractivity contribution < 1.29 is 27.4 Å². The average Bonchev–Trinajstić information content (AvgIpc) is 2.78. The highest BCUT2D eigenvalue weighted by atomic mass is 19.4. The first kappa shape index (κ1) is 24.9. The number of alkyl halides is 3. The van der Waals surface area contributed by atoms with Crippen molar-refractivity contribution >= 4 is 5.97 Å². The molecule has 0 amide bonds. The Morgan fingerprint density at radius 1 is 0.853 bits per heavy atom. The topological polar surface area (TPSA) is 35.5 Å². The van der Waals surface area contributed by atoms with Gasteiger partial charge in [0.15, 0.2) is 0 Å². The Balaban J connectivity index is 1.84. The highest BCUT2D eigenvalue weighted by molar-refractivity contribution is 5.89. The Labute approximate surface area is 197 Å². The molecule has 0 radical (unpaired) electrons. The molecule has 0 spiro atoms. The Morgan fingerprint density at radius 2 is 1.44 bits per heavy atom. The normalized spacial score (nSPS) is 11.4. The van der Waals surface area contributed by atoms with Gasteiger partial charge in [0.25, 0.3) is 0 Å². The van der Waals surface area contributed by atoms with Crippen molar-refractivity contribution in [3.8, 4) is 23.3 Å². The molecule has 0 bridgehead atoms. The number of hydrogen-bond acceptors (Lipinski definition) is 3. The number of carbonyl (C=O) groups is 1. The number of hydrogen-bond donors (Lipinski definition) is 0. The van der Waals surface area contributed by atoms with E-state index in [1.54, 1.807) is 43.3 Å². The molecule has 0 fully saturated rings. The second-order valence-corrected chi connectivity index (χ2v) is 8.63. The Bertz CT molecular complexity index is 1210. The first-order chi connectivity index (χ1) is 16.0. The van der Waals surface area contributed by atoms with Gasteiger partial charge in [-0.3, -0.25) is 0 Å². The number of ether oxygens (including phenoxy) is 2. The van der Waals surface area contributed by atoms with Gasteiger partial charge in [0.2, 0.25) is 0 Å². The van der Waals surface area contributed by atoms with Crippen LogP contribution in [-0.2, 0) is 16.3 Å². The second kappa shape index (κ2) is 10.0. The molecule has 0 unspecified atom stereocenters. The van der Waals surface area contributed by atoms with Crippen molar-refractivity contribution in [3.63, 3.8) is 0 Å². The molecule has 6 heteroatoms. The van der Waals surface area contributed by atoms with E-state index in [-0.39, 0.29) is 11.4 Å². The van der Waals surface area contributed by atoms with Gasteiger partial charge in [-0.05, 0) is 79.1 Å². The van der Waals surface area contributed by atoms with Crippen molar-refractivity contribution in [1.82, 2.24) is 0 Å². The minimum absolute atomic E-state index is 0.291. The highest BCUT2D eigenvalue weighted by Gasteiger charge is 2.30. The van der Waals surface area contributed by atoms with E-state index in [0.717, 1.165) is 28.8 Å². The molecule has 34 heavy (non-hydrogen) atoms. The van der Waals surface area contributed by atoms with Crippen LogP contribution in [-0.4, -0.2) is 12.6 Å². The van der Waals surface area contributed by atoms with Crippen molar-refractivity contribution in [3.05, 3.63) is 94.5 Å². The zero-order valence-corrected chi connectivity index (χ0v) is 19.4. The molecule has 176 valence electrons. The molecule has 3 aromatic rings. The lowest BCUT2D eigenvalue weighted by Gasteiger charge is -2.23. The summed E-state index contributed by atoms with van der Waals surface area (Å²) >= 11 is 0. The molecule has 3 nitrogen and oxygen atoms in total. The van der Waals surface area contributed by atoms with Crippen molar-refractivity contribution in [2.75, 3.05) is 6.61 Å². The van der Waals surface area contributed by atoms with E-state index >= 15 is 0 Å². The van der Waals surface area contributed by atoms with Gasteiger partial charge < -0.3 is 9.47 Å². The second-order valence-electron chi connectivity index (χ2n) is 8.63. The van der Waals surface area contributed by atoms with Gasteiger partial charge in [0, 0.05) is 16.7 Å². The van der Waals surface area contributed by atoms with Crippen LogP contribution >= 0.6 is 0 Å². The summed E-state index contributed by atoms with van der Waals surface area (Å²) < 4.78 is 49.4. The van der Waals surface area contributed by atoms with E-state index in [1.165, 1.54) is 12.1 Å². The van der Waals surface area contributed by atoms with Crippen molar-refractivity contribution in [2.24, 2.45) is 0 Å². The predicted molar refractivity (Wildman–Crippen MR) is 125 cm³/mol. The fourth-order valence-corrected chi connectivity index (χ4v) is 3.17. The number of carbonyl (C=O) groups excluding carboxylic acids is 1. The molecule has 0 N–H and O–H groups in total.